The Morgan fingerprint density at radius 2 is 2.25 bits per heavy atom. The van der Waals surface area contributed by atoms with Crippen LogP contribution in [0.5, 0.6) is 5.75 Å². The van der Waals surface area contributed by atoms with Gasteiger partial charge in [-0.1, -0.05) is 0 Å². The van der Waals surface area contributed by atoms with Gasteiger partial charge >= 0.3 is 0 Å². The van der Waals surface area contributed by atoms with Gasteiger partial charge in [-0.2, -0.15) is 0 Å². The van der Waals surface area contributed by atoms with Crippen molar-refractivity contribution in [3.63, 3.8) is 0 Å². The lowest BCUT2D eigenvalue weighted by Crippen LogP contribution is -2.05. The first-order valence-corrected chi connectivity index (χ1v) is 5.19. The van der Waals surface area contributed by atoms with Crippen LogP contribution in [0.3, 0.4) is 0 Å². The largest absolute Gasteiger partial charge is 0.491 e. The maximum Gasteiger partial charge on any atom is 0.248 e. The minimum Gasteiger partial charge on any atom is -0.491 e. The van der Waals surface area contributed by atoms with Gasteiger partial charge in [-0.05, 0) is 24.3 Å². The van der Waals surface area contributed by atoms with E-state index in [1.54, 1.807) is 6.07 Å². The predicted molar refractivity (Wildman–Crippen MR) is 59.8 cm³/mol. The Hall–Kier alpha value is -1.81. The highest BCUT2D eigenvalue weighted by atomic mass is 16.6. The summed E-state index contributed by atoms with van der Waals surface area (Å²) >= 11 is 0. The van der Waals surface area contributed by atoms with E-state index >= 15 is 0 Å². The third-order valence-electron chi connectivity index (χ3n) is 2.53. The molecule has 1 aliphatic rings. The van der Waals surface area contributed by atoms with Crippen LogP contribution in [0.15, 0.2) is 35.1 Å². The molecule has 0 saturated carbocycles. The Morgan fingerprint density at radius 3 is 3.06 bits per heavy atom. The van der Waals surface area contributed by atoms with Gasteiger partial charge in [0.1, 0.15) is 18.5 Å². The Balaban J connectivity index is 1.89. The number of hydrogen-bond acceptors (Lipinski definition) is 3. The molecule has 4 nitrogen and oxygen atoms in total. The van der Waals surface area contributed by atoms with Crippen LogP contribution in [0.2, 0.25) is 0 Å². The van der Waals surface area contributed by atoms with Gasteiger partial charge in [0.05, 0.1) is 6.61 Å². The van der Waals surface area contributed by atoms with Crippen LogP contribution in [-0.4, -0.2) is 24.3 Å². The van der Waals surface area contributed by atoms with E-state index in [0.29, 0.717) is 6.61 Å². The van der Waals surface area contributed by atoms with Crippen molar-refractivity contribution in [1.82, 2.24) is 4.98 Å². The lowest BCUT2D eigenvalue weighted by molar-refractivity contribution is 0.263. The maximum absolute atomic E-state index is 11.1. The average molecular weight is 217 g/mol. The van der Waals surface area contributed by atoms with E-state index in [9.17, 15) is 4.79 Å². The zero-order valence-electron chi connectivity index (χ0n) is 8.60. The number of benzene rings is 1. The molecule has 0 amide bonds. The quantitative estimate of drug-likeness (QED) is 0.788. The third kappa shape index (κ3) is 1.92. The van der Waals surface area contributed by atoms with E-state index < -0.39 is 0 Å². The minimum absolute atomic E-state index is 0.0902. The number of nitrogens with one attached hydrogen (secondary N) is 1. The first-order valence-electron chi connectivity index (χ1n) is 5.19. The number of epoxide rings is 1. The number of ether oxygens (including phenoxy) is 2. The van der Waals surface area contributed by atoms with Crippen LogP contribution >= 0.6 is 0 Å². The van der Waals surface area contributed by atoms with E-state index in [1.807, 2.05) is 18.2 Å². The second kappa shape index (κ2) is 3.64. The SMILES string of the molecule is O=c1ccc2cc(OCC3CO3)ccc2[nH]1. The molecule has 0 aliphatic carbocycles. The molecule has 2 aromatic rings. The zero-order valence-corrected chi connectivity index (χ0v) is 8.60. The molecule has 1 N–H and O–H groups in total. The molecule has 2 heterocycles. The Kier molecular flexibility index (Phi) is 2.15. The van der Waals surface area contributed by atoms with Crippen LogP contribution in [0.1, 0.15) is 0 Å². The topological polar surface area (TPSA) is 54.6 Å². The van der Waals surface area contributed by atoms with E-state index in [-0.39, 0.29) is 11.7 Å². The number of rotatable bonds is 3. The molecule has 3 rings (SSSR count). The van der Waals surface area contributed by atoms with Crippen molar-refractivity contribution < 1.29 is 9.47 Å². The fraction of sp³-hybridized carbons (Fsp3) is 0.250. The molecule has 1 atom stereocenters. The van der Waals surface area contributed by atoms with Gasteiger partial charge in [-0.25, -0.2) is 0 Å². The number of aromatic nitrogens is 1. The maximum atomic E-state index is 11.1. The van der Waals surface area contributed by atoms with Crippen LogP contribution in [-0.2, 0) is 4.74 Å². The number of fused-ring (bicyclic) bond motifs is 1. The first kappa shape index (κ1) is 9.42. The number of hydrogen-bond donors (Lipinski definition) is 1. The molecule has 4 heteroatoms. The average Bonchev–Trinajstić information content (AvgIpc) is 3.10. The molecule has 1 unspecified atom stereocenters. The predicted octanol–water partition coefficient (Wildman–Crippen LogP) is 1.31. The smallest absolute Gasteiger partial charge is 0.248 e. The second-order valence-electron chi connectivity index (χ2n) is 3.84. The molecular formula is C12H11NO3. The molecule has 1 fully saturated rings. The third-order valence-corrected chi connectivity index (χ3v) is 2.53. The molecule has 0 bridgehead atoms. The van der Waals surface area contributed by atoms with Gasteiger partial charge < -0.3 is 14.5 Å². The summed E-state index contributed by atoms with van der Waals surface area (Å²) in [5, 5.41) is 0.966. The number of aromatic amines is 1. The summed E-state index contributed by atoms with van der Waals surface area (Å²) < 4.78 is 10.6. The summed E-state index contributed by atoms with van der Waals surface area (Å²) in [7, 11) is 0. The van der Waals surface area contributed by atoms with Crippen LogP contribution in [0.4, 0.5) is 0 Å². The highest BCUT2D eigenvalue weighted by Gasteiger charge is 2.22. The van der Waals surface area contributed by atoms with E-state index in [1.165, 1.54) is 6.07 Å². The molecule has 16 heavy (non-hydrogen) atoms. The Bertz CT molecular complexity index is 572. The lowest BCUT2D eigenvalue weighted by atomic mass is 10.2. The van der Waals surface area contributed by atoms with Gasteiger partial charge in [-0.3, -0.25) is 4.79 Å². The van der Waals surface area contributed by atoms with Gasteiger partial charge in [0, 0.05) is 17.0 Å². The van der Waals surface area contributed by atoms with Crippen molar-refractivity contribution >= 4 is 10.9 Å². The molecule has 82 valence electrons. The van der Waals surface area contributed by atoms with Crippen molar-refractivity contribution in [3.8, 4) is 5.75 Å². The molecular weight excluding hydrogens is 206 g/mol. The minimum atomic E-state index is -0.0902. The van der Waals surface area contributed by atoms with Crippen LogP contribution in [0, 0.1) is 0 Å². The van der Waals surface area contributed by atoms with Crippen molar-refractivity contribution in [1.29, 1.82) is 0 Å². The molecule has 1 saturated heterocycles. The highest BCUT2D eigenvalue weighted by Crippen LogP contribution is 2.19. The molecule has 1 aromatic heterocycles. The van der Waals surface area contributed by atoms with Crippen LogP contribution < -0.4 is 10.3 Å². The molecule has 0 spiro atoms. The standard InChI is InChI=1S/C12H11NO3/c14-12-4-1-8-5-9(2-3-11(8)13-12)15-6-10-7-16-10/h1-5,10H,6-7H2,(H,13,14). The summed E-state index contributed by atoms with van der Waals surface area (Å²) in [6, 6.07) is 8.90. The Labute approximate surface area is 91.8 Å². The van der Waals surface area contributed by atoms with Crippen molar-refractivity contribution in [2.75, 3.05) is 13.2 Å². The normalized spacial score (nSPS) is 18.6. The van der Waals surface area contributed by atoms with E-state index in [2.05, 4.69) is 4.98 Å². The highest BCUT2D eigenvalue weighted by molar-refractivity contribution is 5.79. The zero-order chi connectivity index (χ0) is 11.0. The number of pyridine rings is 1. The molecule has 1 aromatic carbocycles. The van der Waals surface area contributed by atoms with Crippen LogP contribution in [0.25, 0.3) is 10.9 Å². The molecule has 0 radical (unpaired) electrons. The van der Waals surface area contributed by atoms with Crippen molar-refractivity contribution in [3.05, 3.63) is 40.7 Å². The molecule has 1 aliphatic heterocycles. The Morgan fingerprint density at radius 1 is 1.38 bits per heavy atom. The summed E-state index contributed by atoms with van der Waals surface area (Å²) in [6.45, 7) is 1.38. The van der Waals surface area contributed by atoms with Crippen molar-refractivity contribution in [2.45, 2.75) is 6.10 Å². The number of H-pyrrole nitrogens is 1. The monoisotopic (exact) mass is 217 g/mol. The van der Waals surface area contributed by atoms with Gasteiger partial charge in [0.25, 0.3) is 0 Å². The summed E-state index contributed by atoms with van der Waals surface area (Å²) in [5.41, 5.74) is 0.732. The first-order chi connectivity index (χ1) is 7.81. The van der Waals surface area contributed by atoms with Crippen molar-refractivity contribution in [2.24, 2.45) is 0 Å². The fourth-order valence-corrected chi connectivity index (χ4v) is 1.58. The fourth-order valence-electron chi connectivity index (χ4n) is 1.58. The van der Waals surface area contributed by atoms with Gasteiger partial charge in [0.2, 0.25) is 5.56 Å². The summed E-state index contributed by atoms with van der Waals surface area (Å²) in [4.78, 5) is 13.8. The van der Waals surface area contributed by atoms with E-state index in [4.69, 9.17) is 9.47 Å². The second-order valence-corrected chi connectivity index (χ2v) is 3.84. The van der Waals surface area contributed by atoms with E-state index in [0.717, 1.165) is 23.3 Å². The van der Waals surface area contributed by atoms with Gasteiger partial charge in [-0.15, -0.1) is 0 Å². The lowest BCUT2D eigenvalue weighted by Gasteiger charge is -2.05. The van der Waals surface area contributed by atoms with Gasteiger partial charge in [0.15, 0.2) is 0 Å². The summed E-state index contributed by atoms with van der Waals surface area (Å²) in [6.07, 6.45) is 0.256. The summed E-state index contributed by atoms with van der Waals surface area (Å²) in [5.74, 6) is 0.801.